The van der Waals surface area contributed by atoms with Gasteiger partial charge in [0.05, 0.1) is 0 Å². The molecule has 0 bridgehead atoms. The Kier molecular flexibility index (Phi) is 20.7. The zero-order chi connectivity index (χ0) is 20.8. The van der Waals surface area contributed by atoms with Gasteiger partial charge < -0.3 is 58.4 Å². The first-order valence-corrected chi connectivity index (χ1v) is 11.2. The summed E-state index contributed by atoms with van der Waals surface area (Å²) in [6, 6.07) is 9.33. The third-order valence-electron chi connectivity index (χ3n) is 4.33. The molecule has 0 N–H and O–H groups in total. The van der Waals surface area contributed by atoms with E-state index in [4.69, 9.17) is 37.9 Å². The van der Waals surface area contributed by atoms with Crippen molar-refractivity contribution in [1.29, 1.82) is 0 Å². The number of aromatic nitrogens is 2. The maximum atomic E-state index is 11.1. The summed E-state index contributed by atoms with van der Waals surface area (Å²) in [5.74, 6) is 1.82. The van der Waals surface area contributed by atoms with Crippen molar-refractivity contribution < 1.29 is 35.1 Å². The molecule has 7 nitrogen and oxygen atoms in total. The second kappa shape index (κ2) is 19.4. The van der Waals surface area contributed by atoms with E-state index in [9.17, 15) is 5.21 Å². The SMILES string of the molecule is CCN(CC)CCN(CC[S-])CC[S-].[99Tc+5].[O-2].[O-][n+]1onc(-c2ccccc2)c1C[S-]. The Morgan fingerprint density at radius 2 is 1.47 bits per heavy atom. The van der Waals surface area contributed by atoms with Crippen LogP contribution in [-0.4, -0.2) is 65.7 Å². The van der Waals surface area contributed by atoms with E-state index in [1.807, 2.05) is 30.3 Å². The van der Waals surface area contributed by atoms with Crippen LogP contribution in [0.15, 0.2) is 35.0 Å². The molecule has 2 aromatic rings. The Hall–Kier alpha value is -0.261. The summed E-state index contributed by atoms with van der Waals surface area (Å²) >= 11 is 14.8. The fourth-order valence-corrected chi connectivity index (χ4v) is 3.38. The molecule has 0 aliphatic carbocycles. The van der Waals surface area contributed by atoms with Crippen molar-refractivity contribution in [3.63, 3.8) is 0 Å². The Morgan fingerprint density at radius 1 is 0.933 bits per heavy atom. The first kappa shape index (κ1) is 31.9. The zero-order valence-corrected chi connectivity index (χ0v) is 21.7. The minimum Gasteiger partial charge on any atom is -2.00 e. The number of hydrogen-bond acceptors (Lipinski definition) is 8. The van der Waals surface area contributed by atoms with Crippen LogP contribution in [0.4, 0.5) is 0 Å². The molecule has 0 aliphatic rings. The van der Waals surface area contributed by atoms with Gasteiger partial charge in [-0.2, -0.15) is 11.5 Å². The molecule has 0 fully saturated rings. The standard InChI is InChI=1S/C10H24N2S2.C9H8N2O2S.O.Tc/c1-3-11(4-2)5-6-12(7-9-13)8-10-14;12-11-8(6-14)9(10-13-11)7-4-2-1-3-5-7;;/h13-14H,3-10H2,1-2H3;1-5,14H,6H2;;/q;;-2;+5/p-3/i;;;1+1. The van der Waals surface area contributed by atoms with Gasteiger partial charge >= 0.3 is 20.1 Å². The van der Waals surface area contributed by atoms with Crippen LogP contribution in [-0.2, 0) is 69.2 Å². The summed E-state index contributed by atoms with van der Waals surface area (Å²) in [4.78, 5) is 5.16. The molecule has 30 heavy (non-hydrogen) atoms. The van der Waals surface area contributed by atoms with E-state index >= 15 is 0 Å². The van der Waals surface area contributed by atoms with E-state index in [0.29, 0.717) is 16.3 Å². The fourth-order valence-electron chi connectivity index (χ4n) is 2.62. The molecule has 168 valence electrons. The molecule has 2 rings (SSSR count). The largest absolute Gasteiger partial charge is 5.00 e. The first-order valence-electron chi connectivity index (χ1n) is 9.44. The predicted molar refractivity (Wildman–Crippen MR) is 121 cm³/mol. The van der Waals surface area contributed by atoms with E-state index in [-0.39, 0.29) is 31.3 Å². The maximum Gasteiger partial charge on any atom is 5.00 e. The van der Waals surface area contributed by atoms with Gasteiger partial charge in [0, 0.05) is 23.8 Å². The maximum absolute atomic E-state index is 11.1. The summed E-state index contributed by atoms with van der Waals surface area (Å²) in [7, 11) is 0. The monoisotopic (exact) mass is 556 g/mol. The minimum absolute atomic E-state index is 0. The van der Waals surface area contributed by atoms with E-state index < -0.39 is 0 Å². The summed E-state index contributed by atoms with van der Waals surface area (Å²) < 4.78 is 4.49. The minimum atomic E-state index is 0. The van der Waals surface area contributed by atoms with Gasteiger partial charge in [-0.25, -0.2) is 0 Å². The summed E-state index contributed by atoms with van der Waals surface area (Å²) in [5.41, 5.74) is 1.74. The smallest absolute Gasteiger partial charge is 2.00 e. The molecule has 0 radical (unpaired) electrons. The Balaban J connectivity index is 0. The topological polar surface area (TPSA) is 88.0 Å². The molecular formula is C19H29N4O3S3Tc. The fraction of sp³-hybridized carbons (Fsp3) is 0.579. The van der Waals surface area contributed by atoms with Gasteiger partial charge in [-0.3, -0.25) is 4.63 Å². The van der Waals surface area contributed by atoms with Gasteiger partial charge in [0.15, 0.2) is 5.69 Å². The molecule has 0 aliphatic heterocycles. The van der Waals surface area contributed by atoms with E-state index in [1.54, 1.807) is 0 Å². The number of hydrogen-bond donors (Lipinski definition) is 0. The van der Waals surface area contributed by atoms with E-state index in [2.05, 4.69) is 33.4 Å². The summed E-state index contributed by atoms with van der Waals surface area (Å²) in [5, 5.41) is 14.7. The van der Waals surface area contributed by atoms with Gasteiger partial charge in [-0.1, -0.05) is 44.2 Å². The Labute approximate surface area is 210 Å². The van der Waals surface area contributed by atoms with Crippen molar-refractivity contribution in [2.45, 2.75) is 19.6 Å². The second-order valence-electron chi connectivity index (χ2n) is 6.01. The van der Waals surface area contributed by atoms with Crippen molar-refractivity contribution in [2.24, 2.45) is 0 Å². The average molecular weight is 557 g/mol. The van der Waals surface area contributed by atoms with Crippen LogP contribution in [0.1, 0.15) is 19.5 Å². The van der Waals surface area contributed by atoms with Crippen molar-refractivity contribution in [3.05, 3.63) is 41.2 Å². The normalized spacial score (nSPS) is 10.2. The van der Waals surface area contributed by atoms with Crippen LogP contribution in [0.5, 0.6) is 0 Å². The molecule has 0 atom stereocenters. The van der Waals surface area contributed by atoms with Crippen LogP contribution in [0.3, 0.4) is 0 Å². The third kappa shape index (κ3) is 11.4. The third-order valence-corrected chi connectivity index (χ3v) is 4.96. The summed E-state index contributed by atoms with van der Waals surface area (Å²) in [6.45, 7) is 10.9. The quantitative estimate of drug-likeness (QED) is 0.305. The van der Waals surface area contributed by atoms with Crippen LogP contribution in [0.2, 0.25) is 0 Å². The molecule has 0 unspecified atom stereocenters. The number of rotatable bonds is 11. The van der Waals surface area contributed by atoms with E-state index in [1.165, 1.54) is 0 Å². The average Bonchev–Trinajstić information content (AvgIpc) is 3.10. The van der Waals surface area contributed by atoms with Crippen LogP contribution in [0, 0.1) is 5.21 Å². The molecule has 0 amide bonds. The van der Waals surface area contributed by atoms with Gasteiger partial charge in [-0.05, 0) is 31.1 Å². The van der Waals surface area contributed by atoms with Gasteiger partial charge in [0.2, 0.25) is 5.69 Å². The number of benzene rings is 1. The number of nitrogens with zero attached hydrogens (tertiary/aromatic N) is 4. The first-order chi connectivity index (χ1) is 13.6. The molecule has 1 aromatic heterocycles. The molecule has 11 heteroatoms. The Bertz CT molecular complexity index is 643. The Morgan fingerprint density at radius 3 is 1.93 bits per heavy atom. The van der Waals surface area contributed by atoms with Crippen LogP contribution < -0.4 is 4.90 Å². The predicted octanol–water partition coefficient (Wildman–Crippen LogP) is 1.62. The second-order valence-corrected chi connectivity index (χ2v) is 7.12. The summed E-state index contributed by atoms with van der Waals surface area (Å²) in [6.07, 6.45) is 0. The van der Waals surface area contributed by atoms with Crippen LogP contribution in [0.25, 0.3) is 11.3 Å². The van der Waals surface area contributed by atoms with E-state index in [0.717, 1.165) is 56.3 Å². The van der Waals surface area contributed by atoms with Gasteiger partial charge in [0.25, 0.3) is 0 Å². The molecule has 1 heterocycles. The zero-order valence-electron chi connectivity index (χ0n) is 17.4. The number of likely N-dealkylation sites (N-methyl/N-ethyl adjacent to an activating group) is 1. The van der Waals surface area contributed by atoms with Crippen molar-refractivity contribution in [1.82, 2.24) is 15.0 Å². The molecule has 0 saturated heterocycles. The van der Waals surface area contributed by atoms with Crippen molar-refractivity contribution >= 4 is 37.9 Å². The molecule has 1 aromatic carbocycles. The van der Waals surface area contributed by atoms with Crippen molar-refractivity contribution in [2.75, 3.05) is 50.8 Å². The van der Waals surface area contributed by atoms with Crippen molar-refractivity contribution in [3.8, 4) is 11.3 Å². The molecular weight excluding hydrogens is 527 g/mol. The molecule has 0 spiro atoms. The van der Waals surface area contributed by atoms with Crippen LogP contribution >= 0.6 is 0 Å². The molecule has 0 saturated carbocycles. The van der Waals surface area contributed by atoms with Gasteiger partial charge in [0.1, 0.15) is 0 Å². The van der Waals surface area contributed by atoms with Gasteiger partial charge in [-0.15, -0.1) is 5.75 Å².